The summed E-state index contributed by atoms with van der Waals surface area (Å²) in [5, 5.41) is 9.77. The van der Waals surface area contributed by atoms with E-state index in [4.69, 9.17) is 35.0 Å². The van der Waals surface area contributed by atoms with Crippen molar-refractivity contribution >= 4 is 52.4 Å². The number of carbonyl (C=O) groups excluding carboxylic acids is 1. The molecule has 0 aliphatic heterocycles. The zero-order valence-electron chi connectivity index (χ0n) is 11.0. The highest BCUT2D eigenvalue weighted by molar-refractivity contribution is 6.48. The van der Waals surface area contributed by atoms with E-state index in [1.165, 1.54) is 30.3 Å². The zero-order valence-corrected chi connectivity index (χ0v) is 13.3. The first kappa shape index (κ1) is 16.6. The summed E-state index contributed by atoms with van der Waals surface area (Å²) in [7, 11) is 0. The van der Waals surface area contributed by atoms with Gasteiger partial charge in [0, 0.05) is 22.4 Å². The molecule has 2 aromatic rings. The number of carboxylic acid groups (broad SMARTS) is 1. The topological polar surface area (TPSA) is 66.4 Å². The Bertz CT molecular complexity index is 721. The molecule has 0 radical (unpaired) electrons. The van der Waals surface area contributed by atoms with Gasteiger partial charge in [-0.25, -0.2) is 4.79 Å². The molecule has 0 heterocycles. The molecule has 0 saturated carbocycles. The highest BCUT2D eigenvalue weighted by atomic mass is 35.5. The minimum Gasteiger partial charge on any atom is -0.479 e. The van der Waals surface area contributed by atoms with Crippen LogP contribution in [0.25, 0.3) is 0 Å². The summed E-state index contributed by atoms with van der Waals surface area (Å²) in [6.07, 6.45) is 0. The Labute approximate surface area is 141 Å². The third kappa shape index (κ3) is 2.90. The average Bonchev–Trinajstić information content (AvgIpc) is 2.53. The van der Waals surface area contributed by atoms with Gasteiger partial charge in [0.2, 0.25) is 10.7 Å². The molecular weight excluding hydrogens is 349 g/mol. The number of anilines is 1. The van der Waals surface area contributed by atoms with E-state index in [1.807, 2.05) is 0 Å². The Balaban J connectivity index is 2.62. The number of benzene rings is 2. The highest BCUT2D eigenvalue weighted by Crippen LogP contribution is 2.36. The van der Waals surface area contributed by atoms with E-state index >= 15 is 0 Å². The lowest BCUT2D eigenvalue weighted by molar-refractivity contribution is -0.138. The number of Topliss-reactive ketones (excluding diaryl/α,β-unsaturated/α-hetero) is 1. The largest absolute Gasteiger partial charge is 0.479 e. The van der Waals surface area contributed by atoms with Gasteiger partial charge in [-0.3, -0.25) is 9.63 Å². The molecule has 4 nitrogen and oxygen atoms in total. The van der Waals surface area contributed by atoms with Gasteiger partial charge in [-0.15, -0.1) is 0 Å². The maximum Gasteiger partial charge on any atom is 0.337 e. The maximum absolute atomic E-state index is 12.8. The standard InChI is InChI=1S/C15H10Cl3NO3/c16-10-6-7-12(19-18)11(8-10)13(20)15(17,14(21)22)9-4-2-1-3-5-9/h1-8,19H,(H,21,22). The normalized spacial score (nSPS) is 13.2. The van der Waals surface area contributed by atoms with E-state index in [9.17, 15) is 14.7 Å². The SMILES string of the molecule is O=C(O)C(Cl)(C(=O)c1cc(Cl)ccc1NCl)c1ccccc1. The van der Waals surface area contributed by atoms with E-state index in [0.29, 0.717) is 0 Å². The van der Waals surface area contributed by atoms with Crippen LogP contribution in [0.5, 0.6) is 0 Å². The fourth-order valence-corrected chi connectivity index (χ4v) is 2.56. The van der Waals surface area contributed by atoms with Crippen molar-refractivity contribution in [2.75, 3.05) is 4.84 Å². The predicted molar refractivity (Wildman–Crippen MR) is 86.9 cm³/mol. The van der Waals surface area contributed by atoms with Crippen LogP contribution in [0.2, 0.25) is 5.02 Å². The van der Waals surface area contributed by atoms with E-state index in [1.54, 1.807) is 18.2 Å². The second-order valence-electron chi connectivity index (χ2n) is 4.44. The van der Waals surface area contributed by atoms with E-state index in [0.717, 1.165) is 0 Å². The van der Waals surface area contributed by atoms with Crippen LogP contribution in [-0.4, -0.2) is 16.9 Å². The van der Waals surface area contributed by atoms with Crippen LogP contribution in [-0.2, 0) is 9.67 Å². The van der Waals surface area contributed by atoms with Gasteiger partial charge in [0.05, 0.1) is 5.69 Å². The summed E-state index contributed by atoms with van der Waals surface area (Å²) in [6.45, 7) is 0. The number of ketones is 1. The van der Waals surface area contributed by atoms with Crippen LogP contribution in [0.4, 0.5) is 5.69 Å². The molecule has 114 valence electrons. The van der Waals surface area contributed by atoms with Crippen LogP contribution in [0, 0.1) is 0 Å². The number of hydrogen-bond donors (Lipinski definition) is 2. The van der Waals surface area contributed by atoms with Crippen LogP contribution in [0.3, 0.4) is 0 Å². The molecule has 0 aliphatic rings. The molecule has 0 aliphatic carbocycles. The molecule has 0 amide bonds. The molecule has 1 unspecified atom stereocenters. The number of nitrogens with one attached hydrogen (secondary N) is 1. The lowest BCUT2D eigenvalue weighted by atomic mass is 9.89. The number of carboxylic acids is 1. The first-order chi connectivity index (χ1) is 10.4. The molecule has 0 spiro atoms. The summed E-state index contributed by atoms with van der Waals surface area (Å²) < 4.78 is 0. The van der Waals surface area contributed by atoms with Gasteiger partial charge in [0.1, 0.15) is 0 Å². The molecule has 2 N–H and O–H groups in total. The minimum atomic E-state index is -2.27. The van der Waals surface area contributed by atoms with Crippen molar-refractivity contribution in [3.05, 3.63) is 64.7 Å². The van der Waals surface area contributed by atoms with Gasteiger partial charge in [0.15, 0.2) is 0 Å². The first-order valence-electron chi connectivity index (χ1n) is 6.10. The number of rotatable bonds is 5. The third-order valence-corrected chi connectivity index (χ3v) is 4.10. The summed E-state index contributed by atoms with van der Waals surface area (Å²) >= 11 is 17.7. The molecule has 2 rings (SSSR count). The quantitative estimate of drug-likeness (QED) is 0.362. The molecule has 2 aromatic carbocycles. The molecular formula is C15H10Cl3NO3. The second-order valence-corrected chi connectivity index (χ2v) is 5.64. The summed E-state index contributed by atoms with van der Waals surface area (Å²) in [6, 6.07) is 12.1. The summed E-state index contributed by atoms with van der Waals surface area (Å²) in [5.74, 6) is -2.32. The zero-order chi connectivity index (χ0) is 16.3. The highest BCUT2D eigenvalue weighted by Gasteiger charge is 2.47. The summed E-state index contributed by atoms with van der Waals surface area (Å²) in [5.41, 5.74) is 0.358. The van der Waals surface area contributed by atoms with Crippen LogP contribution < -0.4 is 4.84 Å². The fourth-order valence-electron chi connectivity index (χ4n) is 1.99. The predicted octanol–water partition coefficient (Wildman–Crippen LogP) is 4.31. The van der Waals surface area contributed by atoms with Crippen LogP contribution in [0.15, 0.2) is 48.5 Å². The number of aliphatic carboxylic acids is 1. The molecule has 1 atom stereocenters. The van der Waals surface area contributed by atoms with Crippen LogP contribution >= 0.6 is 35.0 Å². The Hall–Kier alpha value is -1.75. The van der Waals surface area contributed by atoms with Gasteiger partial charge < -0.3 is 5.11 Å². The monoisotopic (exact) mass is 357 g/mol. The third-order valence-electron chi connectivity index (χ3n) is 3.11. The molecule has 22 heavy (non-hydrogen) atoms. The Kier molecular flexibility index (Phi) is 4.96. The van der Waals surface area contributed by atoms with Crippen molar-refractivity contribution in [2.45, 2.75) is 4.87 Å². The lowest BCUT2D eigenvalue weighted by Gasteiger charge is -2.22. The Morgan fingerprint density at radius 1 is 1.09 bits per heavy atom. The Morgan fingerprint density at radius 3 is 2.27 bits per heavy atom. The van der Waals surface area contributed by atoms with Crippen molar-refractivity contribution in [3.63, 3.8) is 0 Å². The molecule has 0 saturated heterocycles. The van der Waals surface area contributed by atoms with Gasteiger partial charge in [-0.2, -0.15) is 0 Å². The van der Waals surface area contributed by atoms with Crippen molar-refractivity contribution in [2.24, 2.45) is 0 Å². The van der Waals surface area contributed by atoms with Gasteiger partial charge >= 0.3 is 5.97 Å². The minimum absolute atomic E-state index is 0.0104. The van der Waals surface area contributed by atoms with E-state index in [-0.39, 0.29) is 21.8 Å². The number of alkyl halides is 1. The molecule has 0 aromatic heterocycles. The van der Waals surface area contributed by atoms with Crippen molar-refractivity contribution in [1.29, 1.82) is 0 Å². The smallest absolute Gasteiger partial charge is 0.337 e. The maximum atomic E-state index is 12.8. The van der Waals surface area contributed by atoms with E-state index < -0.39 is 16.6 Å². The number of hydrogen-bond acceptors (Lipinski definition) is 3. The first-order valence-corrected chi connectivity index (χ1v) is 7.23. The Morgan fingerprint density at radius 2 is 1.73 bits per heavy atom. The molecule has 0 fully saturated rings. The van der Waals surface area contributed by atoms with Crippen molar-refractivity contribution in [3.8, 4) is 0 Å². The van der Waals surface area contributed by atoms with Gasteiger partial charge in [0.25, 0.3) is 0 Å². The summed E-state index contributed by atoms with van der Waals surface area (Å²) in [4.78, 5) is 24.5. The molecule has 0 bridgehead atoms. The van der Waals surface area contributed by atoms with Gasteiger partial charge in [-0.05, 0) is 23.8 Å². The van der Waals surface area contributed by atoms with Crippen molar-refractivity contribution < 1.29 is 14.7 Å². The number of carbonyl (C=O) groups is 2. The van der Waals surface area contributed by atoms with Gasteiger partial charge in [-0.1, -0.05) is 53.5 Å². The average molecular weight is 359 g/mol. The lowest BCUT2D eigenvalue weighted by Crippen LogP contribution is -2.38. The van der Waals surface area contributed by atoms with Crippen molar-refractivity contribution in [1.82, 2.24) is 0 Å². The van der Waals surface area contributed by atoms with Crippen LogP contribution in [0.1, 0.15) is 15.9 Å². The second kappa shape index (κ2) is 6.57. The fraction of sp³-hybridized carbons (Fsp3) is 0.0667. The number of halogens is 3. The molecule has 7 heteroatoms. The van der Waals surface area contributed by atoms with E-state index in [2.05, 4.69) is 4.84 Å².